The third-order valence-electron chi connectivity index (χ3n) is 7.02. The zero-order chi connectivity index (χ0) is 22.6. The van der Waals surface area contributed by atoms with E-state index in [-0.39, 0.29) is 29.6 Å². The Hall–Kier alpha value is -2.11. The van der Waals surface area contributed by atoms with Gasteiger partial charge in [-0.15, -0.1) is 0 Å². The fraction of sp³-hybridized carbons (Fsp3) is 0.500. The quantitative estimate of drug-likeness (QED) is 0.689. The first kappa shape index (κ1) is 22.1. The molecular weight excluding hydrogens is 385 g/mol. The van der Waals surface area contributed by atoms with Crippen molar-refractivity contribution in [1.82, 2.24) is 4.90 Å². The third-order valence-corrected chi connectivity index (χ3v) is 7.02. The Morgan fingerprint density at radius 2 is 1.58 bits per heavy atom. The summed E-state index contributed by atoms with van der Waals surface area (Å²) in [6.45, 7) is 16.2. The first-order valence-corrected chi connectivity index (χ1v) is 11.2. The zero-order valence-electron chi connectivity index (χ0n) is 19.9. The Kier molecular flexibility index (Phi) is 5.34. The fourth-order valence-corrected chi connectivity index (χ4v) is 4.13. The summed E-state index contributed by atoms with van der Waals surface area (Å²) < 4.78 is 12.3. The molecule has 2 aromatic rings. The second-order valence-electron chi connectivity index (χ2n) is 10.9. The molecule has 31 heavy (non-hydrogen) atoms. The molecule has 0 spiro atoms. The van der Waals surface area contributed by atoms with Crippen molar-refractivity contribution in [2.45, 2.75) is 78.0 Å². The number of benzene rings is 2. The lowest BCUT2D eigenvalue weighted by Crippen LogP contribution is -2.41. The SMILES string of the molecule is CC(C)(C)c1ccc2c(c1)CCN(Cc1ccc(B3OC(C)(C)C(C)(C)O3)cc1)C2=O. The molecule has 5 heteroatoms. The molecule has 0 unspecified atom stereocenters. The lowest BCUT2D eigenvalue weighted by molar-refractivity contribution is 0.00578. The Bertz CT molecular complexity index is 973. The molecule has 4 nitrogen and oxygen atoms in total. The number of carbonyl (C=O) groups excluding carboxylic acids is 1. The number of amides is 1. The topological polar surface area (TPSA) is 38.8 Å². The van der Waals surface area contributed by atoms with E-state index in [1.807, 2.05) is 11.0 Å². The van der Waals surface area contributed by atoms with E-state index in [9.17, 15) is 4.79 Å². The largest absolute Gasteiger partial charge is 0.494 e. The Labute approximate surface area is 187 Å². The summed E-state index contributed by atoms with van der Waals surface area (Å²) in [6, 6.07) is 14.6. The molecule has 2 heterocycles. The van der Waals surface area contributed by atoms with Crippen LogP contribution in [0.5, 0.6) is 0 Å². The van der Waals surface area contributed by atoms with E-state index in [0.717, 1.165) is 29.6 Å². The highest BCUT2D eigenvalue weighted by atomic mass is 16.7. The average molecular weight is 419 g/mol. The van der Waals surface area contributed by atoms with Crippen LogP contribution in [0.15, 0.2) is 42.5 Å². The van der Waals surface area contributed by atoms with E-state index in [1.54, 1.807) is 0 Å². The van der Waals surface area contributed by atoms with Gasteiger partial charge in [0, 0.05) is 18.7 Å². The number of fused-ring (bicyclic) bond motifs is 1. The van der Waals surface area contributed by atoms with Crippen molar-refractivity contribution < 1.29 is 14.1 Å². The van der Waals surface area contributed by atoms with Gasteiger partial charge in [-0.2, -0.15) is 0 Å². The van der Waals surface area contributed by atoms with E-state index >= 15 is 0 Å². The summed E-state index contributed by atoms with van der Waals surface area (Å²) in [6.07, 6.45) is 0.900. The summed E-state index contributed by atoms with van der Waals surface area (Å²) >= 11 is 0. The normalized spacial score (nSPS) is 20.2. The molecule has 2 aliphatic rings. The van der Waals surface area contributed by atoms with E-state index in [0.29, 0.717) is 6.54 Å². The van der Waals surface area contributed by atoms with Crippen molar-refractivity contribution in [2.24, 2.45) is 0 Å². The summed E-state index contributed by atoms with van der Waals surface area (Å²) in [5.41, 5.74) is 4.81. The minimum Gasteiger partial charge on any atom is -0.399 e. The maximum atomic E-state index is 13.1. The smallest absolute Gasteiger partial charge is 0.399 e. The van der Waals surface area contributed by atoms with Crippen LogP contribution in [0.3, 0.4) is 0 Å². The molecule has 0 aromatic heterocycles. The van der Waals surface area contributed by atoms with Gasteiger partial charge in [0.1, 0.15) is 0 Å². The predicted molar refractivity (Wildman–Crippen MR) is 126 cm³/mol. The summed E-state index contributed by atoms with van der Waals surface area (Å²) in [5.74, 6) is 0.122. The number of hydrogen-bond donors (Lipinski definition) is 0. The summed E-state index contributed by atoms with van der Waals surface area (Å²) in [5, 5.41) is 0. The maximum absolute atomic E-state index is 13.1. The molecule has 1 fully saturated rings. The van der Waals surface area contributed by atoms with Gasteiger partial charge in [-0.1, -0.05) is 57.2 Å². The lowest BCUT2D eigenvalue weighted by Gasteiger charge is -2.32. The number of carbonyl (C=O) groups is 1. The second kappa shape index (κ2) is 7.49. The predicted octanol–water partition coefficient (Wildman–Crippen LogP) is 4.48. The van der Waals surface area contributed by atoms with Gasteiger partial charge in [0.2, 0.25) is 0 Å². The molecule has 0 aliphatic carbocycles. The van der Waals surface area contributed by atoms with Gasteiger partial charge in [0.05, 0.1) is 11.2 Å². The molecule has 1 amide bonds. The average Bonchev–Trinajstić information content (AvgIpc) is 2.91. The minimum absolute atomic E-state index is 0.0914. The first-order valence-electron chi connectivity index (χ1n) is 11.2. The van der Waals surface area contributed by atoms with Gasteiger partial charge >= 0.3 is 7.12 Å². The molecule has 0 N–H and O–H groups in total. The molecule has 4 rings (SSSR count). The first-order chi connectivity index (χ1) is 14.4. The van der Waals surface area contributed by atoms with Crippen molar-refractivity contribution in [3.05, 3.63) is 64.7 Å². The maximum Gasteiger partial charge on any atom is 0.494 e. The molecule has 0 bridgehead atoms. The van der Waals surface area contributed by atoms with Crippen LogP contribution in [0.1, 0.15) is 75.5 Å². The van der Waals surface area contributed by atoms with Crippen LogP contribution in [-0.4, -0.2) is 35.7 Å². The summed E-state index contributed by atoms with van der Waals surface area (Å²) in [4.78, 5) is 15.0. The van der Waals surface area contributed by atoms with Crippen LogP contribution >= 0.6 is 0 Å². The molecule has 2 aromatic carbocycles. The minimum atomic E-state index is -0.362. The lowest BCUT2D eigenvalue weighted by atomic mass is 9.79. The van der Waals surface area contributed by atoms with Crippen molar-refractivity contribution in [3.8, 4) is 0 Å². The Morgan fingerprint density at radius 3 is 2.16 bits per heavy atom. The van der Waals surface area contributed by atoms with Crippen molar-refractivity contribution in [1.29, 1.82) is 0 Å². The highest BCUT2D eigenvalue weighted by Gasteiger charge is 2.51. The van der Waals surface area contributed by atoms with Crippen LogP contribution < -0.4 is 5.46 Å². The second-order valence-corrected chi connectivity index (χ2v) is 10.9. The third kappa shape index (κ3) is 4.18. The zero-order valence-corrected chi connectivity index (χ0v) is 19.9. The van der Waals surface area contributed by atoms with E-state index < -0.39 is 0 Å². The van der Waals surface area contributed by atoms with Crippen LogP contribution in [0.2, 0.25) is 0 Å². The number of nitrogens with zero attached hydrogens (tertiary/aromatic N) is 1. The van der Waals surface area contributed by atoms with Gasteiger partial charge in [0.25, 0.3) is 5.91 Å². The van der Waals surface area contributed by atoms with Gasteiger partial charge < -0.3 is 14.2 Å². The van der Waals surface area contributed by atoms with Crippen molar-refractivity contribution >= 4 is 18.5 Å². The van der Waals surface area contributed by atoms with Gasteiger partial charge in [-0.3, -0.25) is 4.79 Å². The van der Waals surface area contributed by atoms with Gasteiger partial charge in [-0.25, -0.2) is 0 Å². The molecule has 164 valence electrons. The van der Waals surface area contributed by atoms with E-state index in [1.165, 1.54) is 11.1 Å². The monoisotopic (exact) mass is 419 g/mol. The fourth-order valence-electron chi connectivity index (χ4n) is 4.13. The molecule has 0 atom stereocenters. The highest BCUT2D eigenvalue weighted by Crippen LogP contribution is 2.36. The van der Waals surface area contributed by atoms with Gasteiger partial charge in [-0.05, 0) is 67.8 Å². The molecule has 0 saturated carbocycles. The molecule has 2 aliphatic heterocycles. The molecule has 1 saturated heterocycles. The van der Waals surface area contributed by atoms with Crippen LogP contribution in [0, 0.1) is 0 Å². The van der Waals surface area contributed by atoms with E-state index in [4.69, 9.17) is 9.31 Å². The Morgan fingerprint density at radius 1 is 0.968 bits per heavy atom. The van der Waals surface area contributed by atoms with Crippen LogP contribution in [0.4, 0.5) is 0 Å². The van der Waals surface area contributed by atoms with Crippen molar-refractivity contribution in [3.63, 3.8) is 0 Å². The van der Waals surface area contributed by atoms with E-state index in [2.05, 4.69) is 84.9 Å². The van der Waals surface area contributed by atoms with Crippen molar-refractivity contribution in [2.75, 3.05) is 6.54 Å². The van der Waals surface area contributed by atoms with Gasteiger partial charge in [0.15, 0.2) is 0 Å². The summed E-state index contributed by atoms with van der Waals surface area (Å²) in [7, 11) is -0.362. The highest BCUT2D eigenvalue weighted by molar-refractivity contribution is 6.62. The van der Waals surface area contributed by atoms with Crippen LogP contribution in [-0.2, 0) is 27.7 Å². The number of rotatable bonds is 3. The Balaban J connectivity index is 1.45. The standard InChI is InChI=1S/C26H34BNO3/c1-24(2,3)20-10-13-22-19(16-20)14-15-28(23(22)29)17-18-8-11-21(12-9-18)27-30-25(4,5)26(6,7)31-27/h8-13,16H,14-15,17H2,1-7H3. The molecule has 0 radical (unpaired) electrons. The number of hydrogen-bond acceptors (Lipinski definition) is 3. The van der Waals surface area contributed by atoms with Crippen LogP contribution in [0.25, 0.3) is 0 Å². The molecular formula is C26H34BNO3.